The van der Waals surface area contributed by atoms with Crippen LogP contribution in [0.4, 0.5) is 5.69 Å². The lowest BCUT2D eigenvalue weighted by atomic mass is 9.93. The Morgan fingerprint density at radius 1 is 1.50 bits per heavy atom. The van der Waals surface area contributed by atoms with E-state index in [1.807, 2.05) is 18.2 Å². The third-order valence-corrected chi connectivity index (χ3v) is 4.03. The monoisotopic (exact) mass is 311 g/mol. The smallest absolute Gasteiger partial charge is 0.173 e. The van der Waals surface area contributed by atoms with Crippen LogP contribution in [0.25, 0.3) is 0 Å². The maximum Gasteiger partial charge on any atom is 0.173 e. The number of halogens is 1. The summed E-state index contributed by atoms with van der Waals surface area (Å²) in [7, 11) is 0. The van der Waals surface area contributed by atoms with Crippen molar-refractivity contribution in [2.45, 2.75) is 20.3 Å². The van der Waals surface area contributed by atoms with E-state index in [0.29, 0.717) is 5.41 Å². The highest BCUT2D eigenvalue weighted by atomic mass is 79.9. The van der Waals surface area contributed by atoms with Crippen LogP contribution in [0, 0.1) is 5.41 Å². The van der Waals surface area contributed by atoms with Crippen molar-refractivity contribution in [2.24, 2.45) is 16.3 Å². The molecule has 0 bridgehead atoms. The topological polar surface area (TPSA) is 61.8 Å². The molecule has 1 aromatic rings. The molecule has 5 heteroatoms. The molecule has 0 radical (unpaired) electrons. The number of rotatable bonds is 2. The molecule has 0 aliphatic carbocycles. The summed E-state index contributed by atoms with van der Waals surface area (Å²) in [6.07, 6.45) is 1.15. The third kappa shape index (κ3) is 2.46. The quantitative estimate of drug-likeness (QED) is 0.382. The van der Waals surface area contributed by atoms with E-state index in [4.69, 9.17) is 10.9 Å². The summed E-state index contributed by atoms with van der Waals surface area (Å²) < 4.78 is 0.847. The van der Waals surface area contributed by atoms with E-state index in [9.17, 15) is 0 Å². The van der Waals surface area contributed by atoms with Gasteiger partial charge in [0.15, 0.2) is 5.84 Å². The first-order valence-electron chi connectivity index (χ1n) is 5.96. The lowest BCUT2D eigenvalue weighted by molar-refractivity contribution is 0.318. The van der Waals surface area contributed by atoms with Gasteiger partial charge in [0.2, 0.25) is 0 Å². The number of anilines is 1. The van der Waals surface area contributed by atoms with Crippen molar-refractivity contribution in [1.29, 1.82) is 0 Å². The van der Waals surface area contributed by atoms with Gasteiger partial charge in [0.1, 0.15) is 0 Å². The number of nitrogens with two attached hydrogens (primary N) is 1. The molecule has 1 heterocycles. The second-order valence-corrected chi connectivity index (χ2v) is 6.31. The minimum atomic E-state index is 0.141. The second-order valence-electron chi connectivity index (χ2n) is 5.45. The normalized spacial score (nSPS) is 19.3. The first-order chi connectivity index (χ1) is 8.44. The molecule has 1 aliphatic heterocycles. The van der Waals surface area contributed by atoms with Crippen LogP contribution < -0.4 is 10.6 Å². The summed E-state index contributed by atoms with van der Waals surface area (Å²) in [6, 6.07) is 5.89. The van der Waals surface area contributed by atoms with Crippen molar-refractivity contribution in [3.63, 3.8) is 0 Å². The van der Waals surface area contributed by atoms with Gasteiger partial charge in [-0.1, -0.05) is 25.1 Å². The standard InChI is InChI=1S/C13H18BrN3O/c1-13(2)6-7-17(8-13)10-5-3-4-9(14)11(10)12(15)16-18/h3-5,18H,6-8H2,1-2H3,(H2,15,16). The van der Waals surface area contributed by atoms with Crippen LogP contribution >= 0.6 is 15.9 Å². The average molecular weight is 312 g/mol. The van der Waals surface area contributed by atoms with Gasteiger partial charge in [-0.3, -0.25) is 0 Å². The van der Waals surface area contributed by atoms with Gasteiger partial charge in [0, 0.05) is 23.2 Å². The SMILES string of the molecule is CC1(C)CCN(c2cccc(Br)c2/C(N)=N/O)C1. The van der Waals surface area contributed by atoms with Crippen LogP contribution in [0.5, 0.6) is 0 Å². The molecule has 0 atom stereocenters. The summed E-state index contributed by atoms with van der Waals surface area (Å²) in [5.74, 6) is 0.141. The molecule has 0 spiro atoms. The highest BCUT2D eigenvalue weighted by Gasteiger charge is 2.31. The van der Waals surface area contributed by atoms with Crippen LogP contribution in [0.3, 0.4) is 0 Å². The van der Waals surface area contributed by atoms with Gasteiger partial charge in [0.05, 0.1) is 5.56 Å². The minimum absolute atomic E-state index is 0.141. The molecule has 0 unspecified atom stereocenters. The van der Waals surface area contributed by atoms with E-state index in [1.54, 1.807) is 0 Å². The number of benzene rings is 1. The average Bonchev–Trinajstić information content (AvgIpc) is 2.68. The molecule has 1 fully saturated rings. The van der Waals surface area contributed by atoms with Gasteiger partial charge in [-0.2, -0.15) is 0 Å². The third-order valence-electron chi connectivity index (χ3n) is 3.37. The predicted octanol–water partition coefficient (Wildman–Crippen LogP) is 2.78. The molecule has 0 saturated carbocycles. The van der Waals surface area contributed by atoms with Gasteiger partial charge in [0.25, 0.3) is 0 Å². The molecular formula is C13H18BrN3O. The Kier molecular flexibility index (Phi) is 3.52. The Hall–Kier alpha value is -1.23. The van der Waals surface area contributed by atoms with Crippen molar-refractivity contribution in [2.75, 3.05) is 18.0 Å². The summed E-state index contributed by atoms with van der Waals surface area (Å²) in [6.45, 7) is 6.49. The molecule has 98 valence electrons. The van der Waals surface area contributed by atoms with Gasteiger partial charge in [-0.05, 0) is 39.9 Å². The number of hydrogen-bond acceptors (Lipinski definition) is 3. The number of amidine groups is 1. The van der Waals surface area contributed by atoms with Gasteiger partial charge < -0.3 is 15.8 Å². The first-order valence-corrected chi connectivity index (χ1v) is 6.75. The molecule has 0 amide bonds. The molecule has 18 heavy (non-hydrogen) atoms. The molecule has 3 N–H and O–H groups in total. The molecule has 2 rings (SSSR count). The Bertz CT molecular complexity index is 485. The van der Waals surface area contributed by atoms with E-state index < -0.39 is 0 Å². The van der Waals surface area contributed by atoms with E-state index in [2.05, 4.69) is 39.8 Å². The fourth-order valence-corrected chi connectivity index (χ4v) is 2.96. The van der Waals surface area contributed by atoms with E-state index in [0.717, 1.165) is 35.2 Å². The maximum atomic E-state index is 8.91. The number of hydrogen-bond donors (Lipinski definition) is 2. The highest BCUT2D eigenvalue weighted by Crippen LogP contribution is 2.36. The van der Waals surface area contributed by atoms with Crippen molar-refractivity contribution in [1.82, 2.24) is 0 Å². The van der Waals surface area contributed by atoms with Crippen LogP contribution in [0.1, 0.15) is 25.8 Å². The first kappa shape index (κ1) is 13.2. The van der Waals surface area contributed by atoms with Gasteiger partial charge in [-0.15, -0.1) is 0 Å². The summed E-state index contributed by atoms with van der Waals surface area (Å²) in [4.78, 5) is 2.29. The molecule has 4 nitrogen and oxygen atoms in total. The van der Waals surface area contributed by atoms with Gasteiger partial charge >= 0.3 is 0 Å². The summed E-state index contributed by atoms with van der Waals surface area (Å²) >= 11 is 3.47. The Balaban J connectivity index is 2.43. The number of nitrogens with zero attached hydrogens (tertiary/aromatic N) is 2. The van der Waals surface area contributed by atoms with E-state index in [-0.39, 0.29) is 5.84 Å². The zero-order valence-electron chi connectivity index (χ0n) is 10.7. The van der Waals surface area contributed by atoms with Crippen molar-refractivity contribution >= 4 is 27.5 Å². The Morgan fingerprint density at radius 2 is 2.22 bits per heavy atom. The molecular weight excluding hydrogens is 294 g/mol. The van der Waals surface area contributed by atoms with Crippen molar-refractivity contribution < 1.29 is 5.21 Å². The highest BCUT2D eigenvalue weighted by molar-refractivity contribution is 9.10. The lowest BCUT2D eigenvalue weighted by Gasteiger charge is -2.24. The van der Waals surface area contributed by atoms with Crippen LogP contribution in [-0.2, 0) is 0 Å². The summed E-state index contributed by atoms with van der Waals surface area (Å²) in [5.41, 5.74) is 7.87. The van der Waals surface area contributed by atoms with E-state index >= 15 is 0 Å². The molecule has 1 aliphatic rings. The molecule has 1 aromatic carbocycles. The fraction of sp³-hybridized carbons (Fsp3) is 0.462. The van der Waals surface area contributed by atoms with Crippen molar-refractivity contribution in [3.05, 3.63) is 28.2 Å². The Morgan fingerprint density at radius 3 is 2.78 bits per heavy atom. The van der Waals surface area contributed by atoms with Crippen LogP contribution in [0.2, 0.25) is 0 Å². The fourth-order valence-electron chi connectivity index (χ4n) is 2.40. The predicted molar refractivity (Wildman–Crippen MR) is 77.3 cm³/mol. The zero-order chi connectivity index (χ0) is 13.3. The lowest BCUT2D eigenvalue weighted by Crippen LogP contribution is -2.26. The molecule has 0 aromatic heterocycles. The van der Waals surface area contributed by atoms with Crippen molar-refractivity contribution in [3.8, 4) is 0 Å². The largest absolute Gasteiger partial charge is 0.409 e. The van der Waals surface area contributed by atoms with Crippen LogP contribution in [0.15, 0.2) is 27.8 Å². The van der Waals surface area contributed by atoms with E-state index in [1.165, 1.54) is 0 Å². The number of oxime groups is 1. The second kappa shape index (κ2) is 4.80. The zero-order valence-corrected chi connectivity index (χ0v) is 12.2. The summed E-state index contributed by atoms with van der Waals surface area (Å²) in [5, 5.41) is 12.0. The van der Waals surface area contributed by atoms with Crippen LogP contribution in [-0.4, -0.2) is 24.1 Å². The maximum absolute atomic E-state index is 8.91. The van der Waals surface area contributed by atoms with Gasteiger partial charge in [-0.25, -0.2) is 0 Å². The Labute approximate surface area is 116 Å². The minimum Gasteiger partial charge on any atom is -0.409 e. The molecule has 1 saturated heterocycles.